The highest BCUT2D eigenvalue weighted by molar-refractivity contribution is 6.15. The maximum Gasteiger partial charge on any atom is 0.409 e. The molecule has 0 radical (unpaired) electrons. The summed E-state index contributed by atoms with van der Waals surface area (Å²) in [5.41, 5.74) is 3.19. The van der Waals surface area contributed by atoms with Crippen LogP contribution < -0.4 is 10.2 Å². The predicted molar refractivity (Wildman–Crippen MR) is 122 cm³/mol. The van der Waals surface area contributed by atoms with Gasteiger partial charge in [-0.25, -0.2) is 4.79 Å². The van der Waals surface area contributed by atoms with Crippen LogP contribution in [-0.4, -0.2) is 56.7 Å². The van der Waals surface area contributed by atoms with E-state index in [1.165, 1.54) is 12.0 Å². The van der Waals surface area contributed by atoms with Gasteiger partial charge in [0, 0.05) is 12.7 Å². The summed E-state index contributed by atoms with van der Waals surface area (Å²) in [7, 11) is 1.51. The van der Waals surface area contributed by atoms with Gasteiger partial charge in [0.1, 0.15) is 13.2 Å². The summed E-state index contributed by atoms with van der Waals surface area (Å²) in [5.74, 6) is -1.15. The van der Waals surface area contributed by atoms with Gasteiger partial charge >= 0.3 is 12.1 Å². The lowest BCUT2D eigenvalue weighted by Gasteiger charge is -2.26. The number of hydrogen-bond acceptors (Lipinski definition) is 7. The fourth-order valence-corrected chi connectivity index (χ4v) is 3.50. The Labute approximate surface area is 192 Å². The van der Waals surface area contributed by atoms with Gasteiger partial charge in [-0.1, -0.05) is 48.5 Å². The van der Waals surface area contributed by atoms with Crippen LogP contribution in [-0.2, 0) is 30.4 Å². The summed E-state index contributed by atoms with van der Waals surface area (Å²) in [5, 5.41) is 2.51. The third-order valence-electron chi connectivity index (χ3n) is 4.94. The lowest BCUT2D eigenvalue weighted by molar-refractivity contribution is -0.142. The number of para-hydroxylation sites is 1. The third kappa shape index (κ3) is 5.95. The molecule has 0 spiro atoms. The number of fused-ring (bicyclic) bond motifs is 1. The number of aliphatic imine (C=N–C) groups is 1. The number of benzodiazepines with no additional fused rings is 1. The zero-order valence-electron chi connectivity index (χ0n) is 18.9. The first-order chi connectivity index (χ1) is 15.9. The summed E-state index contributed by atoms with van der Waals surface area (Å²) < 4.78 is 15.6. The largest absolute Gasteiger partial charge is 0.465 e. The van der Waals surface area contributed by atoms with Gasteiger partial charge in [-0.2, -0.15) is 0 Å². The molecule has 0 saturated heterocycles. The van der Waals surface area contributed by atoms with Crippen molar-refractivity contribution >= 4 is 29.4 Å². The number of anilines is 1. The van der Waals surface area contributed by atoms with Crippen molar-refractivity contribution in [2.75, 3.05) is 31.8 Å². The number of benzene rings is 2. The average Bonchev–Trinajstić information content (AvgIpc) is 2.90. The molecular formula is C24H27N3O6. The van der Waals surface area contributed by atoms with E-state index in [-0.39, 0.29) is 26.4 Å². The lowest BCUT2D eigenvalue weighted by Crippen LogP contribution is -2.49. The average molecular weight is 453 g/mol. The summed E-state index contributed by atoms with van der Waals surface area (Å²) in [6, 6.07) is 14.6. The lowest BCUT2D eigenvalue weighted by atomic mass is 10.0. The second-order valence-corrected chi connectivity index (χ2v) is 7.32. The van der Waals surface area contributed by atoms with Crippen molar-refractivity contribution in [2.24, 2.45) is 4.99 Å². The van der Waals surface area contributed by atoms with E-state index in [0.717, 1.165) is 11.1 Å². The summed E-state index contributed by atoms with van der Waals surface area (Å²) in [6.45, 7) is 3.52. The summed E-state index contributed by atoms with van der Waals surface area (Å²) in [4.78, 5) is 44.0. The number of nitrogens with zero attached hydrogens (tertiary/aromatic N) is 2. The van der Waals surface area contributed by atoms with Crippen LogP contribution in [0.2, 0.25) is 0 Å². The molecule has 3 rings (SSSR count). The molecule has 2 amide bonds. The van der Waals surface area contributed by atoms with Crippen LogP contribution >= 0.6 is 0 Å². The van der Waals surface area contributed by atoms with Crippen molar-refractivity contribution in [1.29, 1.82) is 0 Å². The first-order valence-corrected chi connectivity index (χ1v) is 10.5. The quantitative estimate of drug-likeness (QED) is 0.616. The molecule has 0 fully saturated rings. The monoisotopic (exact) mass is 453 g/mol. The van der Waals surface area contributed by atoms with Crippen molar-refractivity contribution in [2.45, 2.75) is 26.6 Å². The van der Waals surface area contributed by atoms with Crippen LogP contribution in [0.1, 0.15) is 23.6 Å². The van der Waals surface area contributed by atoms with Crippen molar-refractivity contribution in [1.82, 2.24) is 5.32 Å². The van der Waals surface area contributed by atoms with Crippen LogP contribution in [0.15, 0.2) is 53.5 Å². The molecule has 2 aromatic rings. The van der Waals surface area contributed by atoms with Crippen molar-refractivity contribution in [3.63, 3.8) is 0 Å². The number of methoxy groups -OCH3 is 1. The Bertz CT molecular complexity index is 1040. The predicted octanol–water partition coefficient (Wildman–Crippen LogP) is 2.59. The fraction of sp³-hybridized carbons (Fsp3) is 0.333. The SMILES string of the molecule is CCOC(=O)CN1C(=O)[C@@H](NC(=O)OCc2ccccc2)N=C(COC)c2cccc(C)c21. The number of amides is 2. The van der Waals surface area contributed by atoms with Gasteiger partial charge in [0.15, 0.2) is 0 Å². The zero-order chi connectivity index (χ0) is 23.8. The van der Waals surface area contributed by atoms with Gasteiger partial charge in [-0.15, -0.1) is 0 Å². The Hall–Kier alpha value is -3.72. The molecule has 174 valence electrons. The van der Waals surface area contributed by atoms with Crippen molar-refractivity contribution in [3.8, 4) is 0 Å². The molecule has 1 atom stereocenters. The van der Waals surface area contributed by atoms with Gasteiger partial charge in [0.2, 0.25) is 6.17 Å². The Morgan fingerprint density at radius 1 is 1.06 bits per heavy atom. The molecule has 1 aliphatic rings. The van der Waals surface area contributed by atoms with Crippen molar-refractivity contribution in [3.05, 3.63) is 65.2 Å². The van der Waals surface area contributed by atoms with Gasteiger partial charge in [0.25, 0.3) is 5.91 Å². The number of nitrogens with one attached hydrogen (secondary N) is 1. The van der Waals surface area contributed by atoms with Crippen LogP contribution in [0.3, 0.4) is 0 Å². The molecule has 2 aromatic carbocycles. The van der Waals surface area contributed by atoms with Gasteiger partial charge in [-0.05, 0) is 25.0 Å². The molecule has 1 heterocycles. The number of aryl methyl sites for hydroxylation is 1. The van der Waals surface area contributed by atoms with Gasteiger partial charge in [0.05, 0.1) is 24.6 Å². The number of esters is 1. The van der Waals surface area contributed by atoms with E-state index in [0.29, 0.717) is 17.0 Å². The second-order valence-electron chi connectivity index (χ2n) is 7.32. The molecule has 1 N–H and O–H groups in total. The Morgan fingerprint density at radius 2 is 1.82 bits per heavy atom. The van der Waals surface area contributed by atoms with Crippen LogP contribution in [0.4, 0.5) is 10.5 Å². The number of rotatable bonds is 8. The molecule has 1 aliphatic heterocycles. The highest BCUT2D eigenvalue weighted by atomic mass is 16.5. The third-order valence-corrected chi connectivity index (χ3v) is 4.94. The molecule has 0 unspecified atom stereocenters. The molecule has 0 aromatic heterocycles. The highest BCUT2D eigenvalue weighted by Crippen LogP contribution is 2.29. The normalized spacial score (nSPS) is 15.2. The van der Waals surface area contributed by atoms with Crippen LogP contribution in [0, 0.1) is 6.92 Å². The maximum atomic E-state index is 13.5. The van der Waals surface area contributed by atoms with E-state index in [1.807, 2.05) is 49.4 Å². The number of carbonyl (C=O) groups excluding carboxylic acids is 3. The first kappa shape index (κ1) is 23.9. The number of alkyl carbamates (subject to hydrolysis) is 1. The van der Waals surface area contributed by atoms with E-state index < -0.39 is 24.1 Å². The van der Waals surface area contributed by atoms with Crippen LogP contribution in [0.25, 0.3) is 0 Å². The Morgan fingerprint density at radius 3 is 2.52 bits per heavy atom. The van der Waals surface area contributed by atoms with Gasteiger partial charge < -0.3 is 14.2 Å². The van der Waals surface area contributed by atoms with E-state index in [1.54, 1.807) is 13.0 Å². The minimum Gasteiger partial charge on any atom is -0.465 e. The summed E-state index contributed by atoms with van der Waals surface area (Å²) in [6.07, 6.45) is -2.11. The Kier molecular flexibility index (Phi) is 8.15. The molecular weight excluding hydrogens is 426 g/mol. The number of carbonyl (C=O) groups is 3. The second kappa shape index (κ2) is 11.2. The first-order valence-electron chi connectivity index (χ1n) is 10.5. The maximum absolute atomic E-state index is 13.5. The Balaban J connectivity index is 1.90. The molecule has 0 saturated carbocycles. The smallest absolute Gasteiger partial charge is 0.409 e. The standard InChI is InChI=1S/C24H27N3O6/c1-4-32-20(28)13-27-21-16(2)9-8-12-18(21)19(15-31-3)25-22(23(27)29)26-24(30)33-14-17-10-6-5-7-11-17/h5-12,22H,4,13-15H2,1-3H3,(H,26,30)/t22-/m1/s1. The van der Waals surface area contributed by atoms with Crippen LogP contribution in [0.5, 0.6) is 0 Å². The molecule has 0 aliphatic carbocycles. The fourth-order valence-electron chi connectivity index (χ4n) is 3.50. The number of ether oxygens (including phenoxy) is 3. The summed E-state index contributed by atoms with van der Waals surface area (Å²) >= 11 is 0. The highest BCUT2D eigenvalue weighted by Gasteiger charge is 2.35. The molecule has 33 heavy (non-hydrogen) atoms. The topological polar surface area (TPSA) is 107 Å². The molecule has 0 bridgehead atoms. The number of hydrogen-bond donors (Lipinski definition) is 1. The minimum absolute atomic E-state index is 0.0358. The van der Waals surface area contributed by atoms with Crippen molar-refractivity contribution < 1.29 is 28.6 Å². The molecule has 9 nitrogen and oxygen atoms in total. The van der Waals surface area contributed by atoms with E-state index in [2.05, 4.69) is 10.3 Å². The molecule has 9 heteroatoms. The van der Waals surface area contributed by atoms with E-state index in [9.17, 15) is 14.4 Å². The van der Waals surface area contributed by atoms with E-state index in [4.69, 9.17) is 14.2 Å². The van der Waals surface area contributed by atoms with Gasteiger partial charge in [-0.3, -0.25) is 24.8 Å². The minimum atomic E-state index is -1.31. The zero-order valence-corrected chi connectivity index (χ0v) is 18.9. The van der Waals surface area contributed by atoms with E-state index >= 15 is 0 Å².